The Kier molecular flexibility index (Phi) is 7.00. The molecule has 0 spiro atoms. The van der Waals surface area contributed by atoms with Crippen molar-refractivity contribution in [3.05, 3.63) is 29.3 Å². The quantitative estimate of drug-likeness (QED) is 0.732. The van der Waals surface area contributed by atoms with Gasteiger partial charge in [-0.15, -0.1) is 0 Å². The van der Waals surface area contributed by atoms with Gasteiger partial charge in [0.25, 0.3) is 0 Å². The third-order valence-corrected chi connectivity index (χ3v) is 2.72. The molecular weight excluding hydrogens is 242 g/mol. The molecule has 0 saturated heterocycles. The van der Waals surface area contributed by atoms with Gasteiger partial charge in [-0.05, 0) is 13.0 Å². The molecule has 0 amide bonds. The van der Waals surface area contributed by atoms with Gasteiger partial charge in [-0.3, -0.25) is 0 Å². The van der Waals surface area contributed by atoms with Crippen molar-refractivity contribution >= 4 is 6.08 Å². The van der Waals surface area contributed by atoms with E-state index in [4.69, 9.17) is 14.2 Å². The van der Waals surface area contributed by atoms with Gasteiger partial charge in [0.05, 0.1) is 20.8 Å². The zero-order valence-corrected chi connectivity index (χ0v) is 12.2. The number of hydrogen-bond acceptors (Lipinski definition) is 4. The van der Waals surface area contributed by atoms with E-state index in [9.17, 15) is 0 Å². The highest BCUT2D eigenvalue weighted by Gasteiger charge is 2.07. The molecule has 0 unspecified atom stereocenters. The van der Waals surface area contributed by atoms with Crippen LogP contribution in [0.25, 0.3) is 6.08 Å². The molecule has 0 aliphatic carbocycles. The summed E-state index contributed by atoms with van der Waals surface area (Å²) in [5.41, 5.74) is 2.25. The third kappa shape index (κ3) is 4.93. The molecule has 0 aliphatic rings. The topological polar surface area (TPSA) is 39.7 Å². The minimum absolute atomic E-state index is 0.718. The van der Waals surface area contributed by atoms with E-state index in [0.29, 0.717) is 0 Å². The predicted molar refractivity (Wildman–Crippen MR) is 77.9 cm³/mol. The Morgan fingerprint density at radius 3 is 2.63 bits per heavy atom. The largest absolute Gasteiger partial charge is 0.493 e. The third-order valence-electron chi connectivity index (χ3n) is 2.72. The number of ether oxygens (including phenoxy) is 3. The molecule has 0 fully saturated rings. The van der Waals surface area contributed by atoms with E-state index in [-0.39, 0.29) is 0 Å². The van der Waals surface area contributed by atoms with E-state index in [1.54, 1.807) is 21.3 Å². The van der Waals surface area contributed by atoms with Crippen molar-refractivity contribution in [1.82, 2.24) is 5.32 Å². The second-order valence-corrected chi connectivity index (χ2v) is 4.24. The van der Waals surface area contributed by atoms with Gasteiger partial charge in [0.15, 0.2) is 11.5 Å². The molecule has 0 atom stereocenters. The van der Waals surface area contributed by atoms with E-state index in [0.717, 1.165) is 36.8 Å². The molecule has 106 valence electrons. The highest BCUT2D eigenvalue weighted by atomic mass is 16.5. The fourth-order valence-electron chi connectivity index (χ4n) is 1.80. The molecule has 0 aliphatic heterocycles. The summed E-state index contributed by atoms with van der Waals surface area (Å²) < 4.78 is 15.7. The number of benzene rings is 1. The molecule has 1 N–H and O–H groups in total. The van der Waals surface area contributed by atoms with Crippen LogP contribution in [0.1, 0.15) is 12.5 Å². The van der Waals surface area contributed by atoms with Gasteiger partial charge in [0.2, 0.25) is 0 Å². The van der Waals surface area contributed by atoms with Gasteiger partial charge >= 0.3 is 0 Å². The number of nitrogens with one attached hydrogen (secondary N) is 1. The van der Waals surface area contributed by atoms with Crippen molar-refractivity contribution in [3.63, 3.8) is 0 Å². The van der Waals surface area contributed by atoms with Crippen LogP contribution in [0.4, 0.5) is 0 Å². The smallest absolute Gasteiger partial charge is 0.167 e. The van der Waals surface area contributed by atoms with E-state index in [1.807, 2.05) is 18.2 Å². The second kappa shape index (κ2) is 8.56. The molecule has 0 saturated carbocycles. The number of para-hydroxylation sites is 1. The van der Waals surface area contributed by atoms with Crippen molar-refractivity contribution in [2.24, 2.45) is 0 Å². The SMILES string of the molecule is COCCNCC(C)=Cc1cccc(OC)c1OC. The first-order valence-corrected chi connectivity index (χ1v) is 6.30. The maximum atomic E-state index is 5.40. The minimum atomic E-state index is 0.718. The van der Waals surface area contributed by atoms with Crippen LogP contribution in [0.2, 0.25) is 0 Å². The van der Waals surface area contributed by atoms with Gasteiger partial charge in [-0.25, -0.2) is 0 Å². The molecule has 0 radical (unpaired) electrons. The Bertz CT molecular complexity index is 416. The highest BCUT2D eigenvalue weighted by Crippen LogP contribution is 2.31. The lowest BCUT2D eigenvalue weighted by atomic mass is 10.1. The maximum absolute atomic E-state index is 5.40. The Labute approximate surface area is 115 Å². The first-order valence-electron chi connectivity index (χ1n) is 6.30. The Morgan fingerprint density at radius 1 is 1.21 bits per heavy atom. The molecule has 19 heavy (non-hydrogen) atoms. The zero-order valence-electron chi connectivity index (χ0n) is 12.2. The van der Waals surface area contributed by atoms with E-state index in [2.05, 4.69) is 18.3 Å². The average Bonchev–Trinajstić information content (AvgIpc) is 2.43. The van der Waals surface area contributed by atoms with Crippen LogP contribution < -0.4 is 14.8 Å². The molecule has 1 aromatic rings. The van der Waals surface area contributed by atoms with Crippen LogP contribution in [-0.2, 0) is 4.74 Å². The van der Waals surface area contributed by atoms with Crippen LogP contribution in [0.5, 0.6) is 11.5 Å². The van der Waals surface area contributed by atoms with Gasteiger partial charge < -0.3 is 19.5 Å². The average molecular weight is 265 g/mol. The molecule has 4 nitrogen and oxygen atoms in total. The van der Waals surface area contributed by atoms with Crippen molar-refractivity contribution < 1.29 is 14.2 Å². The number of hydrogen-bond donors (Lipinski definition) is 1. The summed E-state index contributed by atoms with van der Waals surface area (Å²) in [5, 5.41) is 3.31. The van der Waals surface area contributed by atoms with Crippen molar-refractivity contribution in [2.75, 3.05) is 41.0 Å². The van der Waals surface area contributed by atoms with Crippen LogP contribution in [0, 0.1) is 0 Å². The summed E-state index contributed by atoms with van der Waals surface area (Å²) in [4.78, 5) is 0. The zero-order chi connectivity index (χ0) is 14.1. The molecule has 4 heteroatoms. The Morgan fingerprint density at radius 2 is 2.00 bits per heavy atom. The van der Waals surface area contributed by atoms with Crippen molar-refractivity contribution in [1.29, 1.82) is 0 Å². The minimum Gasteiger partial charge on any atom is -0.493 e. The summed E-state index contributed by atoms with van der Waals surface area (Å²) in [6, 6.07) is 5.86. The lowest BCUT2D eigenvalue weighted by molar-refractivity contribution is 0.200. The first kappa shape index (κ1) is 15.5. The molecule has 0 bridgehead atoms. The summed E-state index contributed by atoms with van der Waals surface area (Å²) in [5.74, 6) is 1.51. The Hall–Kier alpha value is -1.52. The van der Waals surface area contributed by atoms with Gasteiger partial charge in [0.1, 0.15) is 0 Å². The lowest BCUT2D eigenvalue weighted by Crippen LogP contribution is -2.20. The fraction of sp³-hybridized carbons (Fsp3) is 0.467. The normalized spacial score (nSPS) is 11.5. The van der Waals surface area contributed by atoms with E-state index >= 15 is 0 Å². The monoisotopic (exact) mass is 265 g/mol. The van der Waals surface area contributed by atoms with Crippen molar-refractivity contribution in [2.45, 2.75) is 6.92 Å². The molecule has 0 aromatic heterocycles. The molecule has 0 heterocycles. The summed E-state index contributed by atoms with van der Waals surface area (Å²) >= 11 is 0. The van der Waals surface area contributed by atoms with Gasteiger partial charge in [-0.2, -0.15) is 0 Å². The summed E-state index contributed by atoms with van der Waals surface area (Å²) in [7, 11) is 5.00. The van der Waals surface area contributed by atoms with E-state index < -0.39 is 0 Å². The van der Waals surface area contributed by atoms with Gasteiger partial charge in [-0.1, -0.05) is 23.8 Å². The molecule has 1 rings (SSSR count). The van der Waals surface area contributed by atoms with E-state index in [1.165, 1.54) is 5.57 Å². The highest BCUT2D eigenvalue weighted by molar-refractivity contribution is 5.64. The lowest BCUT2D eigenvalue weighted by Gasteiger charge is -2.11. The van der Waals surface area contributed by atoms with Crippen LogP contribution >= 0.6 is 0 Å². The number of rotatable bonds is 8. The summed E-state index contributed by atoms with van der Waals surface area (Å²) in [6.45, 7) is 4.47. The standard InChI is InChI=1S/C15H23NO3/c1-12(11-16-8-9-17-2)10-13-6-5-7-14(18-3)15(13)19-4/h5-7,10,16H,8-9,11H2,1-4H3. The van der Waals surface area contributed by atoms with Crippen LogP contribution in [-0.4, -0.2) is 41.0 Å². The second-order valence-electron chi connectivity index (χ2n) is 4.24. The predicted octanol–water partition coefficient (Wildman–Crippen LogP) is 2.34. The molecule has 1 aromatic carbocycles. The Balaban J connectivity index is 2.74. The van der Waals surface area contributed by atoms with Crippen LogP contribution in [0.3, 0.4) is 0 Å². The maximum Gasteiger partial charge on any atom is 0.167 e. The molecular formula is C15H23NO3. The van der Waals surface area contributed by atoms with Crippen molar-refractivity contribution in [3.8, 4) is 11.5 Å². The fourth-order valence-corrected chi connectivity index (χ4v) is 1.80. The first-order chi connectivity index (χ1) is 9.22. The number of methoxy groups -OCH3 is 3. The summed E-state index contributed by atoms with van der Waals surface area (Å²) in [6.07, 6.45) is 2.10. The van der Waals surface area contributed by atoms with Gasteiger partial charge in [0, 0.05) is 25.8 Å². The van der Waals surface area contributed by atoms with Crippen LogP contribution in [0.15, 0.2) is 23.8 Å².